The van der Waals surface area contributed by atoms with E-state index in [-0.39, 0.29) is 11.8 Å². The highest BCUT2D eigenvalue weighted by molar-refractivity contribution is 6.33. The van der Waals surface area contributed by atoms with Crippen LogP contribution in [-0.2, 0) is 4.79 Å². The van der Waals surface area contributed by atoms with Crippen molar-refractivity contribution < 1.29 is 9.59 Å². The molecule has 132 valence electrons. The van der Waals surface area contributed by atoms with Gasteiger partial charge in [0.2, 0.25) is 5.91 Å². The van der Waals surface area contributed by atoms with Gasteiger partial charge in [-0.2, -0.15) is 0 Å². The van der Waals surface area contributed by atoms with E-state index in [9.17, 15) is 9.59 Å². The van der Waals surface area contributed by atoms with Crippen molar-refractivity contribution >= 4 is 23.4 Å². The summed E-state index contributed by atoms with van der Waals surface area (Å²) in [6.45, 7) is 5.05. The third kappa shape index (κ3) is 5.80. The van der Waals surface area contributed by atoms with Crippen LogP contribution in [0.15, 0.2) is 24.3 Å². The van der Waals surface area contributed by atoms with Crippen LogP contribution in [0, 0.1) is 11.8 Å². The van der Waals surface area contributed by atoms with Gasteiger partial charge in [-0.15, -0.1) is 0 Å². The fourth-order valence-corrected chi connectivity index (χ4v) is 3.28. The van der Waals surface area contributed by atoms with E-state index in [4.69, 9.17) is 11.6 Å². The minimum absolute atomic E-state index is 0.0491. The quantitative estimate of drug-likeness (QED) is 0.660. The minimum Gasteiger partial charge on any atom is -0.354 e. The number of carbonyl (C=O) groups is 2. The molecular weight excluding hydrogens is 326 g/mol. The predicted molar refractivity (Wildman–Crippen MR) is 96.2 cm³/mol. The zero-order chi connectivity index (χ0) is 17.4. The first kappa shape index (κ1) is 18.7. The molecule has 1 aromatic rings. The largest absolute Gasteiger partial charge is 0.354 e. The molecule has 1 saturated heterocycles. The third-order valence-electron chi connectivity index (χ3n) is 4.55. The van der Waals surface area contributed by atoms with Gasteiger partial charge < -0.3 is 16.0 Å². The van der Waals surface area contributed by atoms with Crippen LogP contribution in [0.25, 0.3) is 0 Å². The van der Waals surface area contributed by atoms with Gasteiger partial charge in [0.15, 0.2) is 0 Å². The van der Waals surface area contributed by atoms with Crippen LogP contribution < -0.4 is 16.0 Å². The van der Waals surface area contributed by atoms with Crippen molar-refractivity contribution in [1.82, 2.24) is 16.0 Å². The number of hydrogen-bond acceptors (Lipinski definition) is 3. The van der Waals surface area contributed by atoms with Gasteiger partial charge in [0.25, 0.3) is 5.91 Å². The predicted octanol–water partition coefficient (Wildman–Crippen LogP) is 2.21. The van der Waals surface area contributed by atoms with Crippen molar-refractivity contribution in [1.29, 1.82) is 0 Å². The first-order valence-corrected chi connectivity index (χ1v) is 8.96. The molecule has 1 aliphatic rings. The van der Waals surface area contributed by atoms with E-state index in [1.54, 1.807) is 24.3 Å². The maximum atomic E-state index is 12.0. The van der Waals surface area contributed by atoms with Crippen LogP contribution in [0.4, 0.5) is 0 Å². The topological polar surface area (TPSA) is 70.2 Å². The molecule has 1 aliphatic heterocycles. The number of halogens is 1. The Morgan fingerprint density at radius 2 is 1.88 bits per heavy atom. The summed E-state index contributed by atoms with van der Waals surface area (Å²) in [4.78, 5) is 24.0. The summed E-state index contributed by atoms with van der Waals surface area (Å²) in [6.07, 6.45) is 2.83. The van der Waals surface area contributed by atoms with Crippen molar-refractivity contribution in [3.05, 3.63) is 34.9 Å². The molecule has 0 saturated carbocycles. The van der Waals surface area contributed by atoms with Gasteiger partial charge in [-0.25, -0.2) is 0 Å². The van der Waals surface area contributed by atoms with E-state index < -0.39 is 0 Å². The standard InChI is InChI=1S/C18H26ClN3O2/c1-13(14-6-8-20-9-7-14)12-17(23)21-10-11-22-18(24)15-4-2-3-5-16(15)19/h2-5,13-14,20H,6-12H2,1H3,(H,21,23)(H,22,24). The van der Waals surface area contributed by atoms with Crippen molar-refractivity contribution in [2.75, 3.05) is 26.2 Å². The lowest BCUT2D eigenvalue weighted by molar-refractivity contribution is -0.122. The third-order valence-corrected chi connectivity index (χ3v) is 4.88. The number of benzene rings is 1. The van der Waals surface area contributed by atoms with E-state index in [1.165, 1.54) is 0 Å². The lowest BCUT2D eigenvalue weighted by Gasteiger charge is -2.27. The summed E-state index contributed by atoms with van der Waals surface area (Å²) in [7, 11) is 0. The normalized spacial score (nSPS) is 16.4. The molecule has 0 bridgehead atoms. The van der Waals surface area contributed by atoms with Crippen molar-refractivity contribution in [2.45, 2.75) is 26.2 Å². The Labute approximate surface area is 148 Å². The number of rotatable bonds is 7. The molecule has 0 aliphatic carbocycles. The number of hydrogen-bond donors (Lipinski definition) is 3. The van der Waals surface area contributed by atoms with Crippen LogP contribution in [0.3, 0.4) is 0 Å². The molecular formula is C18H26ClN3O2. The second kappa shape index (κ2) is 9.64. The van der Waals surface area contributed by atoms with Crippen LogP contribution in [0.5, 0.6) is 0 Å². The molecule has 1 heterocycles. The van der Waals surface area contributed by atoms with E-state index in [0.717, 1.165) is 25.9 Å². The molecule has 5 nitrogen and oxygen atoms in total. The summed E-state index contributed by atoms with van der Waals surface area (Å²) in [6, 6.07) is 6.91. The first-order chi connectivity index (χ1) is 11.6. The highest BCUT2D eigenvalue weighted by atomic mass is 35.5. The molecule has 2 rings (SSSR count). The Balaban J connectivity index is 1.64. The zero-order valence-electron chi connectivity index (χ0n) is 14.1. The highest BCUT2D eigenvalue weighted by Gasteiger charge is 2.21. The molecule has 24 heavy (non-hydrogen) atoms. The number of carbonyl (C=O) groups excluding carboxylic acids is 2. The van der Waals surface area contributed by atoms with E-state index in [1.807, 2.05) is 0 Å². The monoisotopic (exact) mass is 351 g/mol. The Bertz CT molecular complexity index is 559. The SMILES string of the molecule is CC(CC(=O)NCCNC(=O)c1ccccc1Cl)C1CCNCC1. The zero-order valence-corrected chi connectivity index (χ0v) is 14.9. The molecule has 2 amide bonds. The number of piperidine rings is 1. The Morgan fingerprint density at radius 3 is 2.58 bits per heavy atom. The fraction of sp³-hybridized carbons (Fsp3) is 0.556. The molecule has 1 fully saturated rings. The second-order valence-corrected chi connectivity index (χ2v) is 6.76. The summed E-state index contributed by atoms with van der Waals surface area (Å²) in [5, 5.41) is 9.41. The first-order valence-electron chi connectivity index (χ1n) is 8.58. The average molecular weight is 352 g/mol. The number of nitrogens with one attached hydrogen (secondary N) is 3. The summed E-state index contributed by atoms with van der Waals surface area (Å²) < 4.78 is 0. The average Bonchev–Trinajstić information content (AvgIpc) is 2.59. The van der Waals surface area contributed by atoms with E-state index >= 15 is 0 Å². The molecule has 1 atom stereocenters. The minimum atomic E-state index is -0.224. The van der Waals surface area contributed by atoms with E-state index in [2.05, 4.69) is 22.9 Å². The van der Waals surface area contributed by atoms with Gasteiger partial charge in [0.1, 0.15) is 0 Å². The van der Waals surface area contributed by atoms with Crippen LogP contribution >= 0.6 is 11.6 Å². The molecule has 0 spiro atoms. The van der Waals surface area contributed by atoms with Crippen molar-refractivity contribution in [3.63, 3.8) is 0 Å². The lowest BCUT2D eigenvalue weighted by Crippen LogP contribution is -2.37. The molecule has 1 unspecified atom stereocenters. The Kier molecular flexibility index (Phi) is 7.53. The Hall–Kier alpha value is -1.59. The van der Waals surface area contributed by atoms with Crippen LogP contribution in [0.1, 0.15) is 36.5 Å². The van der Waals surface area contributed by atoms with Gasteiger partial charge in [-0.05, 0) is 49.9 Å². The molecule has 3 N–H and O–H groups in total. The molecule has 1 aromatic carbocycles. The highest BCUT2D eigenvalue weighted by Crippen LogP contribution is 2.24. The summed E-state index contributed by atoms with van der Waals surface area (Å²) >= 11 is 5.98. The maximum Gasteiger partial charge on any atom is 0.252 e. The lowest BCUT2D eigenvalue weighted by atomic mass is 9.84. The van der Waals surface area contributed by atoms with Crippen molar-refractivity contribution in [2.24, 2.45) is 11.8 Å². The molecule has 6 heteroatoms. The molecule has 0 radical (unpaired) electrons. The maximum absolute atomic E-state index is 12.0. The van der Waals surface area contributed by atoms with E-state index in [0.29, 0.717) is 41.9 Å². The summed E-state index contributed by atoms with van der Waals surface area (Å²) in [5.74, 6) is 0.840. The smallest absolute Gasteiger partial charge is 0.252 e. The molecule has 0 aromatic heterocycles. The van der Waals surface area contributed by atoms with Gasteiger partial charge in [-0.3, -0.25) is 9.59 Å². The van der Waals surface area contributed by atoms with Gasteiger partial charge in [-0.1, -0.05) is 30.7 Å². The van der Waals surface area contributed by atoms with Crippen molar-refractivity contribution in [3.8, 4) is 0 Å². The van der Waals surface area contributed by atoms with Crippen LogP contribution in [-0.4, -0.2) is 38.0 Å². The fourth-order valence-electron chi connectivity index (χ4n) is 3.06. The van der Waals surface area contributed by atoms with Gasteiger partial charge >= 0.3 is 0 Å². The van der Waals surface area contributed by atoms with Gasteiger partial charge in [0, 0.05) is 19.5 Å². The van der Waals surface area contributed by atoms with Crippen LogP contribution in [0.2, 0.25) is 5.02 Å². The summed E-state index contributed by atoms with van der Waals surface area (Å²) in [5.41, 5.74) is 0.449. The number of amides is 2. The Morgan fingerprint density at radius 1 is 1.21 bits per heavy atom. The van der Waals surface area contributed by atoms with Gasteiger partial charge in [0.05, 0.1) is 10.6 Å². The second-order valence-electron chi connectivity index (χ2n) is 6.35.